The summed E-state index contributed by atoms with van der Waals surface area (Å²) in [5.74, 6) is 1.71. The van der Waals surface area contributed by atoms with E-state index in [-0.39, 0.29) is 17.6 Å². The number of nitrogens with zero attached hydrogens (tertiary/aromatic N) is 2. The smallest absolute Gasteiger partial charge is 0.259 e. The Bertz CT molecular complexity index is 1100. The molecular formula is C24H23FN4O2S. The van der Waals surface area contributed by atoms with E-state index in [1.54, 1.807) is 42.6 Å². The lowest BCUT2D eigenvalue weighted by molar-refractivity contribution is -0.130. The highest BCUT2D eigenvalue weighted by Gasteiger charge is 2.17. The van der Waals surface area contributed by atoms with Crippen molar-refractivity contribution in [1.29, 1.82) is 0 Å². The van der Waals surface area contributed by atoms with Crippen LogP contribution in [0.15, 0.2) is 66.9 Å². The van der Waals surface area contributed by atoms with Crippen LogP contribution in [0.3, 0.4) is 0 Å². The molecule has 0 bridgehead atoms. The number of aromatic nitrogens is 1. The number of benzene rings is 2. The summed E-state index contributed by atoms with van der Waals surface area (Å²) in [6, 6.07) is 16.5. The van der Waals surface area contributed by atoms with Crippen LogP contribution in [0.2, 0.25) is 0 Å². The zero-order valence-corrected chi connectivity index (χ0v) is 18.2. The number of carbonyl (C=O) groups is 2. The van der Waals surface area contributed by atoms with Gasteiger partial charge in [0.15, 0.2) is 0 Å². The van der Waals surface area contributed by atoms with Crippen molar-refractivity contribution < 1.29 is 14.0 Å². The second-order valence-electron chi connectivity index (χ2n) is 7.36. The highest BCUT2D eigenvalue weighted by Crippen LogP contribution is 2.21. The Labute approximate surface area is 190 Å². The number of hydrogen-bond acceptors (Lipinski definition) is 5. The Kier molecular flexibility index (Phi) is 7.01. The summed E-state index contributed by atoms with van der Waals surface area (Å²) >= 11 is 1.87. The van der Waals surface area contributed by atoms with Gasteiger partial charge in [-0.3, -0.25) is 9.59 Å². The largest absolute Gasteiger partial charge is 0.341 e. The Morgan fingerprint density at radius 3 is 2.53 bits per heavy atom. The van der Waals surface area contributed by atoms with Gasteiger partial charge < -0.3 is 15.5 Å². The fourth-order valence-electron chi connectivity index (χ4n) is 3.39. The Morgan fingerprint density at radius 1 is 1.00 bits per heavy atom. The third kappa shape index (κ3) is 5.64. The quantitative estimate of drug-likeness (QED) is 0.585. The van der Waals surface area contributed by atoms with Crippen LogP contribution in [0.1, 0.15) is 15.9 Å². The molecule has 1 aliphatic rings. The lowest BCUT2D eigenvalue weighted by Crippen LogP contribution is -2.38. The van der Waals surface area contributed by atoms with Crippen molar-refractivity contribution in [2.24, 2.45) is 0 Å². The van der Waals surface area contributed by atoms with Gasteiger partial charge in [-0.25, -0.2) is 9.37 Å². The van der Waals surface area contributed by atoms with Gasteiger partial charge in [0.25, 0.3) is 5.91 Å². The van der Waals surface area contributed by atoms with Crippen LogP contribution < -0.4 is 10.6 Å². The lowest BCUT2D eigenvalue weighted by Gasteiger charge is -2.26. The lowest BCUT2D eigenvalue weighted by atomic mass is 10.1. The molecule has 2 heterocycles. The number of pyridine rings is 1. The van der Waals surface area contributed by atoms with Crippen LogP contribution in [0, 0.1) is 5.82 Å². The second kappa shape index (κ2) is 10.3. The highest BCUT2D eigenvalue weighted by molar-refractivity contribution is 7.99. The van der Waals surface area contributed by atoms with Crippen molar-refractivity contribution >= 4 is 40.8 Å². The molecule has 2 aromatic carbocycles. The van der Waals surface area contributed by atoms with Gasteiger partial charge in [-0.15, -0.1) is 0 Å². The minimum Gasteiger partial charge on any atom is -0.341 e. The molecular weight excluding hydrogens is 427 g/mol. The minimum absolute atomic E-state index is 0.130. The zero-order valence-electron chi connectivity index (χ0n) is 17.4. The van der Waals surface area contributed by atoms with Gasteiger partial charge in [-0.2, -0.15) is 11.8 Å². The predicted molar refractivity (Wildman–Crippen MR) is 126 cm³/mol. The minimum atomic E-state index is -0.380. The van der Waals surface area contributed by atoms with Crippen molar-refractivity contribution in [2.45, 2.75) is 6.42 Å². The summed E-state index contributed by atoms with van der Waals surface area (Å²) in [4.78, 5) is 31.4. The first-order chi connectivity index (χ1) is 15.6. The average Bonchev–Trinajstić information content (AvgIpc) is 2.81. The second-order valence-corrected chi connectivity index (χ2v) is 8.58. The number of carbonyl (C=O) groups excluding carboxylic acids is 2. The number of halogens is 1. The third-order valence-corrected chi connectivity index (χ3v) is 6.01. The fourth-order valence-corrected chi connectivity index (χ4v) is 4.30. The Hall–Kier alpha value is -3.39. The van der Waals surface area contributed by atoms with Crippen LogP contribution in [-0.4, -0.2) is 46.3 Å². The molecule has 0 saturated carbocycles. The van der Waals surface area contributed by atoms with Crippen LogP contribution >= 0.6 is 11.8 Å². The van der Waals surface area contributed by atoms with Crippen molar-refractivity contribution in [3.05, 3.63) is 83.8 Å². The van der Waals surface area contributed by atoms with Crippen molar-refractivity contribution in [3.8, 4) is 0 Å². The van der Waals surface area contributed by atoms with Gasteiger partial charge in [0, 0.05) is 42.2 Å². The van der Waals surface area contributed by atoms with E-state index in [2.05, 4.69) is 15.6 Å². The van der Waals surface area contributed by atoms with E-state index in [9.17, 15) is 14.0 Å². The SMILES string of the molecule is O=C(Nc1ccc(CC(=O)N2CCSCC2)cc1)c1cccnc1Nc1cccc(F)c1. The molecule has 4 rings (SSSR count). The van der Waals surface area contributed by atoms with Crippen LogP contribution in [-0.2, 0) is 11.2 Å². The molecule has 2 N–H and O–H groups in total. The van der Waals surface area contributed by atoms with Crippen molar-refractivity contribution in [1.82, 2.24) is 9.88 Å². The summed E-state index contributed by atoms with van der Waals surface area (Å²) < 4.78 is 13.5. The predicted octanol–water partition coefficient (Wildman–Crippen LogP) is 4.33. The maximum atomic E-state index is 13.5. The van der Waals surface area contributed by atoms with Gasteiger partial charge in [-0.05, 0) is 48.0 Å². The van der Waals surface area contributed by atoms with E-state index < -0.39 is 0 Å². The molecule has 0 aliphatic carbocycles. The molecule has 0 spiro atoms. The Balaban J connectivity index is 1.40. The number of nitrogens with one attached hydrogen (secondary N) is 2. The molecule has 6 nitrogen and oxygen atoms in total. The molecule has 1 aliphatic heterocycles. The molecule has 1 saturated heterocycles. The topological polar surface area (TPSA) is 74.3 Å². The van der Waals surface area contributed by atoms with Gasteiger partial charge in [-0.1, -0.05) is 18.2 Å². The standard InChI is InChI=1S/C24H23FN4O2S/c25-18-3-1-4-20(16-18)27-23-21(5-2-10-26-23)24(31)28-19-8-6-17(7-9-19)15-22(30)29-11-13-32-14-12-29/h1-10,16H,11-15H2,(H,26,27)(H,28,31). The van der Waals surface area contributed by atoms with E-state index in [4.69, 9.17) is 0 Å². The van der Waals surface area contributed by atoms with Crippen LogP contribution in [0.4, 0.5) is 21.6 Å². The summed E-state index contributed by atoms with van der Waals surface area (Å²) in [5.41, 5.74) is 2.35. The summed E-state index contributed by atoms with van der Waals surface area (Å²) in [5, 5.41) is 5.83. The maximum Gasteiger partial charge on any atom is 0.259 e. The van der Waals surface area contributed by atoms with E-state index in [0.29, 0.717) is 29.2 Å². The number of anilines is 3. The molecule has 1 fully saturated rings. The first kappa shape index (κ1) is 21.8. The molecule has 0 radical (unpaired) electrons. The highest BCUT2D eigenvalue weighted by atomic mass is 32.2. The zero-order chi connectivity index (χ0) is 22.3. The average molecular weight is 451 g/mol. The monoisotopic (exact) mass is 450 g/mol. The van der Waals surface area contributed by atoms with Gasteiger partial charge in [0.2, 0.25) is 5.91 Å². The van der Waals surface area contributed by atoms with Crippen molar-refractivity contribution in [2.75, 3.05) is 35.2 Å². The number of amides is 2. The fraction of sp³-hybridized carbons (Fsp3) is 0.208. The van der Waals surface area contributed by atoms with E-state index >= 15 is 0 Å². The van der Waals surface area contributed by atoms with Gasteiger partial charge in [0.05, 0.1) is 12.0 Å². The summed E-state index contributed by atoms with van der Waals surface area (Å²) in [6.45, 7) is 1.60. The number of hydrogen-bond donors (Lipinski definition) is 2. The van der Waals surface area contributed by atoms with E-state index in [1.165, 1.54) is 12.1 Å². The summed E-state index contributed by atoms with van der Waals surface area (Å²) in [6.07, 6.45) is 1.91. The number of thioether (sulfide) groups is 1. The Morgan fingerprint density at radius 2 is 1.78 bits per heavy atom. The molecule has 8 heteroatoms. The molecule has 2 amide bonds. The van der Waals surface area contributed by atoms with Gasteiger partial charge in [0.1, 0.15) is 11.6 Å². The van der Waals surface area contributed by atoms with Crippen LogP contribution in [0.25, 0.3) is 0 Å². The van der Waals surface area contributed by atoms with E-state index in [0.717, 1.165) is 30.2 Å². The van der Waals surface area contributed by atoms with Gasteiger partial charge >= 0.3 is 0 Å². The summed E-state index contributed by atoms with van der Waals surface area (Å²) in [7, 11) is 0. The molecule has 1 aromatic heterocycles. The molecule has 0 atom stereocenters. The molecule has 32 heavy (non-hydrogen) atoms. The van der Waals surface area contributed by atoms with E-state index in [1.807, 2.05) is 28.8 Å². The third-order valence-electron chi connectivity index (χ3n) is 5.07. The first-order valence-corrected chi connectivity index (χ1v) is 11.5. The maximum absolute atomic E-state index is 13.5. The molecule has 3 aromatic rings. The van der Waals surface area contributed by atoms with Crippen LogP contribution in [0.5, 0.6) is 0 Å². The number of rotatable bonds is 6. The first-order valence-electron chi connectivity index (χ1n) is 10.3. The normalized spacial score (nSPS) is 13.5. The van der Waals surface area contributed by atoms with Crippen molar-refractivity contribution in [3.63, 3.8) is 0 Å². The molecule has 0 unspecified atom stereocenters. The molecule has 164 valence electrons.